The molecule has 0 aliphatic carbocycles. The third kappa shape index (κ3) is 3.31. The molecule has 0 saturated carbocycles. The molecule has 21 heavy (non-hydrogen) atoms. The zero-order valence-electron chi connectivity index (χ0n) is 11.5. The summed E-state index contributed by atoms with van der Waals surface area (Å²) in [5, 5.41) is 9.88. The fraction of sp³-hybridized carbons (Fsp3) is 0.250. The van der Waals surface area contributed by atoms with Crippen LogP contribution in [0.25, 0.3) is 0 Å². The lowest BCUT2D eigenvalue weighted by molar-refractivity contribution is -0.116. The Labute approximate surface area is 127 Å². The first-order chi connectivity index (χ1) is 10.2. The number of nitrogens with one attached hydrogen (secondary N) is 2. The number of benzene rings is 1. The van der Waals surface area contributed by atoms with Gasteiger partial charge in [-0.2, -0.15) is 11.3 Å². The van der Waals surface area contributed by atoms with Gasteiger partial charge in [0.2, 0.25) is 5.91 Å². The van der Waals surface area contributed by atoms with Gasteiger partial charge in [0.05, 0.1) is 0 Å². The highest BCUT2D eigenvalue weighted by atomic mass is 32.1. The van der Waals surface area contributed by atoms with Gasteiger partial charge in [-0.25, -0.2) is 0 Å². The van der Waals surface area contributed by atoms with Gasteiger partial charge in [-0.3, -0.25) is 9.59 Å². The molecule has 4 nitrogen and oxygen atoms in total. The molecule has 1 aliphatic rings. The van der Waals surface area contributed by atoms with Gasteiger partial charge in [-0.1, -0.05) is 0 Å². The van der Waals surface area contributed by atoms with E-state index in [0.29, 0.717) is 24.9 Å². The molecule has 0 bridgehead atoms. The predicted molar refractivity (Wildman–Crippen MR) is 83.7 cm³/mol. The molecule has 5 heteroatoms. The number of hydrogen-bond donors (Lipinski definition) is 2. The second-order valence-corrected chi connectivity index (χ2v) is 5.84. The van der Waals surface area contributed by atoms with Crippen molar-refractivity contribution in [2.75, 3.05) is 11.9 Å². The molecule has 2 aromatic rings. The fourth-order valence-electron chi connectivity index (χ4n) is 2.38. The van der Waals surface area contributed by atoms with Crippen LogP contribution in [-0.4, -0.2) is 18.4 Å². The second kappa shape index (κ2) is 6.10. The number of carbonyl (C=O) groups excluding carboxylic acids is 2. The Morgan fingerprint density at radius 3 is 3.00 bits per heavy atom. The van der Waals surface area contributed by atoms with Crippen LogP contribution in [-0.2, 0) is 17.6 Å². The Kier molecular flexibility index (Phi) is 4.01. The average molecular weight is 300 g/mol. The van der Waals surface area contributed by atoms with Gasteiger partial charge < -0.3 is 10.6 Å². The lowest BCUT2D eigenvalue weighted by Crippen LogP contribution is -2.26. The first-order valence-corrected chi connectivity index (χ1v) is 7.89. The van der Waals surface area contributed by atoms with Crippen LogP contribution in [0.2, 0.25) is 0 Å². The molecular weight excluding hydrogens is 284 g/mol. The maximum absolute atomic E-state index is 12.1. The number of aryl methyl sites for hydroxylation is 1. The van der Waals surface area contributed by atoms with E-state index in [1.54, 1.807) is 23.5 Å². The number of carbonyl (C=O) groups is 2. The second-order valence-electron chi connectivity index (χ2n) is 5.06. The highest BCUT2D eigenvalue weighted by Gasteiger charge is 2.16. The summed E-state index contributed by atoms with van der Waals surface area (Å²) in [6.07, 6.45) is 2.02. The zero-order valence-corrected chi connectivity index (χ0v) is 12.3. The van der Waals surface area contributed by atoms with Crippen LogP contribution >= 0.6 is 11.3 Å². The number of amides is 2. The fourth-order valence-corrected chi connectivity index (χ4v) is 3.09. The molecule has 3 rings (SSSR count). The van der Waals surface area contributed by atoms with Crippen LogP contribution in [0.3, 0.4) is 0 Å². The zero-order chi connectivity index (χ0) is 14.7. The van der Waals surface area contributed by atoms with Crippen molar-refractivity contribution >= 4 is 28.8 Å². The Hall–Kier alpha value is -2.14. The minimum absolute atomic E-state index is 0.0375. The van der Waals surface area contributed by atoms with Gasteiger partial charge in [0, 0.05) is 24.2 Å². The summed E-state index contributed by atoms with van der Waals surface area (Å²) in [5.41, 5.74) is 3.74. The van der Waals surface area contributed by atoms with Crippen LogP contribution in [0.4, 0.5) is 5.69 Å². The van der Waals surface area contributed by atoms with Crippen LogP contribution in [0.1, 0.15) is 27.9 Å². The summed E-state index contributed by atoms with van der Waals surface area (Å²) in [6, 6.07) is 7.50. The maximum Gasteiger partial charge on any atom is 0.251 e. The Morgan fingerprint density at radius 2 is 2.19 bits per heavy atom. The first-order valence-electron chi connectivity index (χ1n) is 6.94. The molecule has 1 aliphatic heterocycles. The van der Waals surface area contributed by atoms with Gasteiger partial charge >= 0.3 is 0 Å². The molecular formula is C16H16N2O2S. The first kappa shape index (κ1) is 13.8. The molecule has 108 valence electrons. The average Bonchev–Trinajstić information content (AvgIpc) is 3.00. The van der Waals surface area contributed by atoms with E-state index in [-0.39, 0.29) is 11.8 Å². The number of anilines is 1. The van der Waals surface area contributed by atoms with Gasteiger partial charge in [0.25, 0.3) is 5.91 Å². The normalized spacial score (nSPS) is 13.4. The van der Waals surface area contributed by atoms with Crippen LogP contribution < -0.4 is 10.6 Å². The monoisotopic (exact) mass is 300 g/mol. The smallest absolute Gasteiger partial charge is 0.251 e. The van der Waals surface area contributed by atoms with E-state index in [1.807, 2.05) is 11.4 Å². The Morgan fingerprint density at radius 1 is 1.29 bits per heavy atom. The van der Waals surface area contributed by atoms with Crippen LogP contribution in [0.5, 0.6) is 0 Å². The summed E-state index contributed by atoms with van der Waals surface area (Å²) in [6.45, 7) is 0.628. The minimum atomic E-state index is -0.0649. The molecule has 2 amide bonds. The third-order valence-electron chi connectivity index (χ3n) is 3.54. The van der Waals surface area contributed by atoms with Crippen molar-refractivity contribution in [1.29, 1.82) is 0 Å². The molecule has 0 fully saturated rings. The molecule has 1 aromatic heterocycles. The summed E-state index contributed by atoms with van der Waals surface area (Å²) in [7, 11) is 0. The standard InChI is InChI=1S/C16H16N2O2S/c19-15-4-2-12-9-13(1-3-14(12)18-15)16(20)17-7-5-11-6-8-21-10-11/h1,3,6,8-10H,2,4-5,7H2,(H,17,20)(H,18,19). The summed E-state index contributed by atoms with van der Waals surface area (Å²) < 4.78 is 0. The summed E-state index contributed by atoms with van der Waals surface area (Å²) >= 11 is 1.66. The highest BCUT2D eigenvalue weighted by Crippen LogP contribution is 2.23. The molecule has 0 spiro atoms. The van der Waals surface area contributed by atoms with Gasteiger partial charge in [0.15, 0.2) is 0 Å². The Bertz CT molecular complexity index is 665. The number of fused-ring (bicyclic) bond motifs is 1. The van der Waals surface area contributed by atoms with Crippen molar-refractivity contribution in [3.8, 4) is 0 Å². The van der Waals surface area contributed by atoms with Crippen molar-refractivity contribution < 1.29 is 9.59 Å². The molecule has 0 radical (unpaired) electrons. The minimum Gasteiger partial charge on any atom is -0.352 e. The van der Waals surface area contributed by atoms with E-state index >= 15 is 0 Å². The van der Waals surface area contributed by atoms with Crippen molar-refractivity contribution in [2.24, 2.45) is 0 Å². The third-order valence-corrected chi connectivity index (χ3v) is 4.27. The topological polar surface area (TPSA) is 58.2 Å². The van der Waals surface area contributed by atoms with E-state index in [9.17, 15) is 9.59 Å². The lowest BCUT2D eigenvalue weighted by Gasteiger charge is -2.17. The van der Waals surface area contributed by atoms with E-state index in [4.69, 9.17) is 0 Å². The van der Waals surface area contributed by atoms with Gasteiger partial charge in [-0.05, 0) is 59.0 Å². The maximum atomic E-state index is 12.1. The van der Waals surface area contributed by atoms with E-state index in [0.717, 1.165) is 17.7 Å². The molecule has 1 aromatic carbocycles. The quantitative estimate of drug-likeness (QED) is 0.912. The van der Waals surface area contributed by atoms with E-state index in [2.05, 4.69) is 22.1 Å². The van der Waals surface area contributed by atoms with Crippen LogP contribution in [0.15, 0.2) is 35.0 Å². The largest absolute Gasteiger partial charge is 0.352 e. The predicted octanol–water partition coefficient (Wildman–Crippen LogP) is 2.61. The number of hydrogen-bond acceptors (Lipinski definition) is 3. The van der Waals surface area contributed by atoms with Gasteiger partial charge in [-0.15, -0.1) is 0 Å². The molecule has 0 unspecified atom stereocenters. The molecule has 0 atom stereocenters. The van der Waals surface area contributed by atoms with Crippen molar-refractivity contribution in [1.82, 2.24) is 5.32 Å². The van der Waals surface area contributed by atoms with Crippen molar-refractivity contribution in [2.45, 2.75) is 19.3 Å². The van der Waals surface area contributed by atoms with Crippen LogP contribution in [0, 0.1) is 0 Å². The highest BCUT2D eigenvalue weighted by molar-refractivity contribution is 7.07. The molecule has 2 N–H and O–H groups in total. The van der Waals surface area contributed by atoms with E-state index < -0.39 is 0 Å². The Balaban J connectivity index is 1.61. The van der Waals surface area contributed by atoms with Crippen molar-refractivity contribution in [3.05, 3.63) is 51.7 Å². The number of thiophene rings is 1. The van der Waals surface area contributed by atoms with Crippen molar-refractivity contribution in [3.63, 3.8) is 0 Å². The SMILES string of the molecule is O=C1CCc2cc(C(=O)NCCc3ccsc3)ccc2N1. The summed E-state index contributed by atoms with van der Waals surface area (Å²) in [4.78, 5) is 23.4. The summed E-state index contributed by atoms with van der Waals surface area (Å²) in [5.74, 6) is -0.0274. The van der Waals surface area contributed by atoms with Gasteiger partial charge in [0.1, 0.15) is 0 Å². The van der Waals surface area contributed by atoms with E-state index in [1.165, 1.54) is 5.56 Å². The molecule has 2 heterocycles. The lowest BCUT2D eigenvalue weighted by atomic mass is 10.00. The molecule has 0 saturated heterocycles. The number of rotatable bonds is 4.